The van der Waals surface area contributed by atoms with E-state index in [1.54, 1.807) is 6.20 Å². The molecular weight excluding hydrogens is 226 g/mol. The van der Waals surface area contributed by atoms with Gasteiger partial charge >= 0.3 is 0 Å². The van der Waals surface area contributed by atoms with E-state index in [-0.39, 0.29) is 6.61 Å². The molecule has 1 N–H and O–H groups in total. The van der Waals surface area contributed by atoms with Crippen LogP contribution in [-0.2, 0) is 13.0 Å². The van der Waals surface area contributed by atoms with E-state index in [1.807, 2.05) is 24.6 Å². The van der Waals surface area contributed by atoms with Gasteiger partial charge in [0, 0.05) is 11.9 Å². The zero-order valence-electron chi connectivity index (χ0n) is 11.4. The molecule has 0 aliphatic carbocycles. The van der Waals surface area contributed by atoms with Crippen LogP contribution in [0.3, 0.4) is 0 Å². The summed E-state index contributed by atoms with van der Waals surface area (Å²) < 4.78 is 1.89. The van der Waals surface area contributed by atoms with E-state index in [4.69, 9.17) is 5.11 Å². The van der Waals surface area contributed by atoms with Gasteiger partial charge in [0.15, 0.2) is 5.82 Å². The molecule has 2 rings (SSSR count). The van der Waals surface area contributed by atoms with Gasteiger partial charge < -0.3 is 5.11 Å². The summed E-state index contributed by atoms with van der Waals surface area (Å²) in [6.07, 6.45) is 2.68. The molecular formula is C14H19N3O. The molecule has 18 heavy (non-hydrogen) atoms. The van der Waals surface area contributed by atoms with Gasteiger partial charge in [0.05, 0.1) is 12.3 Å². The van der Waals surface area contributed by atoms with Gasteiger partial charge in [-0.05, 0) is 49.9 Å². The van der Waals surface area contributed by atoms with Crippen LogP contribution in [0.15, 0.2) is 12.3 Å². The maximum Gasteiger partial charge on any atom is 0.156 e. The highest BCUT2D eigenvalue weighted by Gasteiger charge is 2.13. The smallest absolute Gasteiger partial charge is 0.156 e. The first-order valence-electron chi connectivity index (χ1n) is 6.20. The van der Waals surface area contributed by atoms with Gasteiger partial charge in [0.25, 0.3) is 0 Å². The van der Waals surface area contributed by atoms with E-state index in [2.05, 4.69) is 23.9 Å². The van der Waals surface area contributed by atoms with Crippen molar-refractivity contribution in [3.05, 3.63) is 40.3 Å². The fourth-order valence-electron chi connectivity index (χ4n) is 2.33. The fourth-order valence-corrected chi connectivity index (χ4v) is 2.33. The van der Waals surface area contributed by atoms with Crippen molar-refractivity contribution in [2.75, 3.05) is 0 Å². The summed E-state index contributed by atoms with van der Waals surface area (Å²) in [5.41, 5.74) is 5.33. The quantitative estimate of drug-likeness (QED) is 0.902. The predicted octanol–water partition coefficient (Wildman–Crippen LogP) is 2.25. The van der Waals surface area contributed by atoms with Crippen LogP contribution in [0.5, 0.6) is 0 Å². The molecule has 0 saturated heterocycles. The van der Waals surface area contributed by atoms with Crippen molar-refractivity contribution in [1.82, 2.24) is 14.8 Å². The molecule has 4 heteroatoms. The predicted molar refractivity (Wildman–Crippen MR) is 70.9 cm³/mol. The van der Waals surface area contributed by atoms with Gasteiger partial charge in [-0.25, -0.2) is 9.67 Å². The molecule has 0 aromatic carbocycles. The van der Waals surface area contributed by atoms with Gasteiger partial charge in [-0.15, -0.1) is 0 Å². The normalized spacial score (nSPS) is 10.9. The molecule has 0 unspecified atom stereocenters. The number of hydrogen-bond acceptors (Lipinski definition) is 3. The number of hydrogen-bond donors (Lipinski definition) is 1. The van der Waals surface area contributed by atoms with Crippen LogP contribution in [0, 0.1) is 20.8 Å². The van der Waals surface area contributed by atoms with Crippen LogP contribution in [0.25, 0.3) is 5.82 Å². The van der Waals surface area contributed by atoms with Gasteiger partial charge in [-0.2, -0.15) is 5.10 Å². The van der Waals surface area contributed by atoms with Crippen molar-refractivity contribution < 1.29 is 5.11 Å². The molecule has 0 aliphatic rings. The summed E-state index contributed by atoms with van der Waals surface area (Å²) in [6, 6.07) is 1.95. The zero-order valence-corrected chi connectivity index (χ0v) is 11.4. The largest absolute Gasteiger partial charge is 0.392 e. The van der Waals surface area contributed by atoms with E-state index in [0.717, 1.165) is 34.8 Å². The minimum absolute atomic E-state index is 0.0193. The summed E-state index contributed by atoms with van der Waals surface area (Å²) in [5.74, 6) is 0.840. The number of nitrogens with zero attached hydrogens (tertiary/aromatic N) is 3. The third-order valence-corrected chi connectivity index (χ3v) is 3.29. The summed E-state index contributed by atoms with van der Waals surface area (Å²) in [4.78, 5) is 4.41. The second-order valence-corrected chi connectivity index (χ2v) is 4.56. The lowest BCUT2D eigenvalue weighted by molar-refractivity contribution is 0.281. The summed E-state index contributed by atoms with van der Waals surface area (Å²) in [5, 5.41) is 13.7. The van der Waals surface area contributed by atoms with Gasteiger partial charge in [-0.3, -0.25) is 0 Å². The number of pyridine rings is 1. The Morgan fingerprint density at radius 2 is 2.00 bits per heavy atom. The Morgan fingerprint density at radius 1 is 1.28 bits per heavy atom. The van der Waals surface area contributed by atoms with Crippen molar-refractivity contribution in [3.63, 3.8) is 0 Å². The molecule has 0 atom stereocenters. The summed E-state index contributed by atoms with van der Waals surface area (Å²) in [6.45, 7) is 8.24. The molecule has 0 bridgehead atoms. The Balaban J connectivity index is 2.55. The minimum atomic E-state index is 0.0193. The first kappa shape index (κ1) is 12.8. The van der Waals surface area contributed by atoms with Crippen molar-refractivity contribution in [3.8, 4) is 5.82 Å². The van der Waals surface area contributed by atoms with E-state index < -0.39 is 0 Å². The minimum Gasteiger partial charge on any atom is -0.392 e. The molecule has 2 heterocycles. The number of aromatic nitrogens is 3. The monoisotopic (exact) mass is 245 g/mol. The van der Waals surface area contributed by atoms with Crippen LogP contribution in [0.4, 0.5) is 0 Å². The third kappa shape index (κ3) is 2.04. The van der Waals surface area contributed by atoms with E-state index in [9.17, 15) is 0 Å². The van der Waals surface area contributed by atoms with Crippen LogP contribution >= 0.6 is 0 Å². The highest BCUT2D eigenvalue weighted by atomic mass is 16.3. The van der Waals surface area contributed by atoms with Crippen LogP contribution < -0.4 is 0 Å². The van der Waals surface area contributed by atoms with Gasteiger partial charge in [-0.1, -0.05) is 6.92 Å². The van der Waals surface area contributed by atoms with Crippen molar-refractivity contribution in [2.24, 2.45) is 0 Å². The first-order valence-corrected chi connectivity index (χ1v) is 6.20. The van der Waals surface area contributed by atoms with Gasteiger partial charge in [0.2, 0.25) is 0 Å². The Labute approximate surface area is 107 Å². The Morgan fingerprint density at radius 3 is 2.50 bits per heavy atom. The molecule has 0 amide bonds. The first-order chi connectivity index (χ1) is 8.58. The van der Waals surface area contributed by atoms with Crippen LogP contribution in [-0.4, -0.2) is 19.9 Å². The second kappa shape index (κ2) is 4.90. The second-order valence-electron chi connectivity index (χ2n) is 4.56. The third-order valence-electron chi connectivity index (χ3n) is 3.29. The SMILES string of the molecule is CCc1c(C)nn(-c2ncc(CO)cc2C)c1C. The molecule has 0 fully saturated rings. The number of aryl methyl sites for hydroxylation is 2. The van der Waals surface area contributed by atoms with Crippen LogP contribution in [0.1, 0.15) is 35.0 Å². The molecule has 2 aromatic rings. The van der Waals surface area contributed by atoms with Gasteiger partial charge in [0.1, 0.15) is 0 Å². The van der Waals surface area contributed by atoms with E-state index in [1.165, 1.54) is 5.56 Å². The Bertz CT molecular complexity index is 573. The molecule has 0 radical (unpaired) electrons. The average molecular weight is 245 g/mol. The standard InChI is InChI=1S/C14H19N3O/c1-5-13-10(3)16-17(11(13)4)14-9(2)6-12(8-18)7-15-14/h6-7,18H,5,8H2,1-4H3. The number of aliphatic hydroxyl groups is 1. The summed E-state index contributed by atoms with van der Waals surface area (Å²) in [7, 11) is 0. The summed E-state index contributed by atoms with van der Waals surface area (Å²) >= 11 is 0. The highest BCUT2D eigenvalue weighted by Crippen LogP contribution is 2.19. The molecule has 2 aromatic heterocycles. The maximum atomic E-state index is 9.10. The molecule has 0 saturated carbocycles. The zero-order chi connectivity index (χ0) is 13.3. The maximum absolute atomic E-state index is 9.10. The topological polar surface area (TPSA) is 50.9 Å². The lowest BCUT2D eigenvalue weighted by atomic mass is 10.1. The molecule has 0 spiro atoms. The van der Waals surface area contributed by atoms with Crippen molar-refractivity contribution >= 4 is 0 Å². The van der Waals surface area contributed by atoms with Crippen LogP contribution in [0.2, 0.25) is 0 Å². The lowest BCUT2D eigenvalue weighted by Crippen LogP contribution is -2.05. The average Bonchev–Trinajstić information content (AvgIpc) is 2.64. The molecule has 96 valence electrons. The van der Waals surface area contributed by atoms with E-state index in [0.29, 0.717) is 0 Å². The van der Waals surface area contributed by atoms with E-state index >= 15 is 0 Å². The number of aliphatic hydroxyl groups excluding tert-OH is 1. The lowest BCUT2D eigenvalue weighted by Gasteiger charge is -2.08. The van der Waals surface area contributed by atoms with Crippen molar-refractivity contribution in [2.45, 2.75) is 40.7 Å². The Kier molecular flexibility index (Phi) is 3.48. The number of rotatable bonds is 3. The highest BCUT2D eigenvalue weighted by molar-refractivity contribution is 5.38. The van der Waals surface area contributed by atoms with Crippen molar-refractivity contribution in [1.29, 1.82) is 0 Å². The molecule has 0 aliphatic heterocycles. The molecule has 4 nitrogen and oxygen atoms in total. The fraction of sp³-hybridized carbons (Fsp3) is 0.429. The Hall–Kier alpha value is -1.68.